The highest BCUT2D eigenvalue weighted by Gasteiger charge is 2.25. The summed E-state index contributed by atoms with van der Waals surface area (Å²) >= 11 is 0. The van der Waals surface area contributed by atoms with E-state index in [0.29, 0.717) is 0 Å². The molecule has 728 valence electrons. The Kier molecular flexibility index (Phi) is 88.0. The van der Waals surface area contributed by atoms with E-state index >= 15 is 0 Å². The van der Waals surface area contributed by atoms with Crippen molar-refractivity contribution in [1.29, 1.82) is 0 Å². The Labute approximate surface area is 742 Å². The molecule has 0 aliphatic carbocycles. The average molecular weight is 1750 g/mol. The van der Waals surface area contributed by atoms with Gasteiger partial charge in [0.05, 0.1) is 255 Å². The van der Waals surface area contributed by atoms with Gasteiger partial charge in [0, 0.05) is 0 Å². The average Bonchev–Trinajstić information content (AvgIpc) is 1.96. The van der Waals surface area contributed by atoms with E-state index in [9.17, 15) is 0 Å². The van der Waals surface area contributed by atoms with E-state index in [4.69, 9.17) is 60.3 Å². The molecule has 13 rings (SSSR count). The van der Waals surface area contributed by atoms with Crippen molar-refractivity contribution in [3.05, 3.63) is 0 Å². The zero-order valence-electron chi connectivity index (χ0n) is 82.7. The lowest BCUT2D eigenvalue weighted by atomic mass is 10.3. The normalized spacial score (nSPS) is 28.0. The summed E-state index contributed by atoms with van der Waals surface area (Å²) in [6, 6.07) is 0. The maximum absolute atomic E-state index is 8.42. The van der Waals surface area contributed by atoms with Crippen LogP contribution < -0.4 is 129 Å². The van der Waals surface area contributed by atoms with E-state index in [0.717, 1.165) is 0 Å². The molecule has 13 N–H and O–H groups in total. The van der Waals surface area contributed by atoms with Gasteiger partial charge in [0.15, 0.2) is 0 Å². The first-order chi connectivity index (χ1) is 56.7. The maximum Gasteiger partial charge on any atom is 0.133 e. The lowest BCUT2D eigenvalue weighted by molar-refractivity contribution is -0.889. The van der Waals surface area contributed by atoms with Gasteiger partial charge in [-0.05, 0) is 182 Å². The van der Waals surface area contributed by atoms with Crippen LogP contribution >= 0.6 is 0 Å². The number of likely N-dealkylation sites (N-methyl/N-ethyl adjacent to an activating group) is 26. The zero-order chi connectivity index (χ0) is 92.1. The van der Waals surface area contributed by atoms with Gasteiger partial charge >= 0.3 is 0 Å². The van der Waals surface area contributed by atoms with Gasteiger partial charge in [-0.2, -0.15) is 0 Å². The molecule has 0 aromatic rings. The molecule has 0 bridgehead atoms. The standard InChI is InChI=1S/13C6H14N2.4BO3.FH/c13*1-3-8-5-4-7(2)6-8;4*2-1(3)4;/h13*3-6H2,1-2H3;;;;;1H/q;;;;;;;;;;;;;4*-3;/p+12. The number of quaternary nitrogens is 13. The van der Waals surface area contributed by atoms with Gasteiger partial charge in [0.25, 0.3) is 0 Å². The highest BCUT2D eigenvalue weighted by molar-refractivity contribution is 6.24. The van der Waals surface area contributed by atoms with Crippen molar-refractivity contribution in [3.8, 4) is 0 Å². The molecule has 0 radical (unpaired) electrons. The minimum atomic E-state index is -2.92. The van der Waals surface area contributed by atoms with Crippen LogP contribution in [0.3, 0.4) is 0 Å². The molecule has 13 aliphatic heterocycles. The number of nitrogens with zero attached hydrogens (tertiary/aromatic N) is 13. The molecule has 13 fully saturated rings. The van der Waals surface area contributed by atoms with Gasteiger partial charge in [0.2, 0.25) is 0 Å². The molecule has 0 aromatic carbocycles. The van der Waals surface area contributed by atoms with Crippen molar-refractivity contribution in [2.24, 2.45) is 0 Å². The van der Waals surface area contributed by atoms with Gasteiger partial charge in [-0.25, -0.2) is 0 Å². The molecular weight excluding hydrogens is 1560 g/mol. The summed E-state index contributed by atoms with van der Waals surface area (Å²) in [5, 5.41) is 101. The number of rotatable bonds is 13. The van der Waals surface area contributed by atoms with Crippen LogP contribution in [0.4, 0.5) is 0 Å². The highest BCUT2D eigenvalue weighted by atomic mass is 19.0. The molecule has 13 aliphatic rings. The molecule has 13 saturated heterocycles. The third-order valence-electron chi connectivity index (χ3n) is 23.9. The van der Waals surface area contributed by atoms with Crippen LogP contribution in [-0.2, 0) is 0 Å². The Bertz CT molecular complexity index is 1680. The predicted molar refractivity (Wildman–Crippen MR) is 463 cm³/mol. The van der Waals surface area contributed by atoms with E-state index in [1.54, 1.807) is 63.7 Å². The van der Waals surface area contributed by atoms with Crippen molar-refractivity contribution < 1.29 is 129 Å². The second-order valence-electron chi connectivity index (χ2n) is 34.8. The van der Waals surface area contributed by atoms with E-state index < -0.39 is 29.3 Å². The highest BCUT2D eigenvalue weighted by Crippen LogP contribution is 1.86. The zero-order valence-corrected chi connectivity index (χ0v) is 82.7. The third-order valence-corrected chi connectivity index (χ3v) is 23.9. The molecule has 0 saturated carbocycles. The van der Waals surface area contributed by atoms with Crippen LogP contribution in [0, 0.1) is 0 Å². The molecule has 43 heteroatoms. The monoisotopic (exact) mass is 1750 g/mol. The molecule has 13 heterocycles. The van der Waals surface area contributed by atoms with Crippen LogP contribution in [0.25, 0.3) is 0 Å². The summed E-state index contributed by atoms with van der Waals surface area (Å²) in [6.45, 7) is 96.1. The van der Waals surface area contributed by atoms with Crippen LogP contribution in [0.15, 0.2) is 0 Å². The molecule has 13 unspecified atom stereocenters. The molecule has 38 nitrogen and oxygen atoms in total. The smallest absolute Gasteiger partial charge is 0.133 e. The van der Waals surface area contributed by atoms with Crippen molar-refractivity contribution in [1.82, 2.24) is 63.7 Å². The lowest BCUT2D eigenvalue weighted by Crippen LogP contribution is -3.10. The Morgan fingerprint density at radius 2 is 0.198 bits per heavy atom. The number of hydrogen-bond acceptors (Lipinski definition) is 25. The summed E-state index contributed by atoms with van der Waals surface area (Å²) in [5.41, 5.74) is 0. The second kappa shape index (κ2) is 83.0. The Morgan fingerprint density at radius 1 is 0.149 bits per heavy atom. The van der Waals surface area contributed by atoms with Crippen LogP contribution in [0.1, 0.15) is 90.0 Å². The van der Waals surface area contributed by atoms with E-state index in [1.807, 2.05) is 0 Å². The van der Waals surface area contributed by atoms with Gasteiger partial charge in [-0.3, -0.25) is 93.0 Å². The maximum atomic E-state index is 8.42. The fraction of sp³-hybridized carbons (Fsp3) is 1.00. The fourth-order valence-electron chi connectivity index (χ4n) is 15.3. The Hall–Kier alpha value is -1.33. The number of hydrogen-bond donors (Lipinski definition) is 13. The van der Waals surface area contributed by atoms with Gasteiger partial charge < -0.3 is 129 Å². The third kappa shape index (κ3) is 80.5. The first kappa shape index (κ1) is 128. The molecule has 0 amide bonds. The Morgan fingerprint density at radius 3 is 0.215 bits per heavy atom. The quantitative estimate of drug-likeness (QED) is 0.0762. The first-order valence-corrected chi connectivity index (χ1v) is 46.3. The summed E-state index contributed by atoms with van der Waals surface area (Å²) in [7, 11) is 16.7. The SMILES string of the molecule is CC[NH+]1CCN(C)C1.CC[NH+]1CCN(C)C1.CC[NH+]1CCN(C)C1.CC[NH+]1CCN(C)C1.CC[NH+]1CCN(C)C1.CC[NH+]1CCN(C)C1.CC[NH+]1CCN(C)C1.CC[NH+]1CCN(C)C1.CC[NH+]1CCN(C)C1.CC[NH+]1CCN(C)C1.CC[NH+]1CCN(C)C1.CC[NH+]1CCN(C)C1.CC[NH+]1CCN(C)C1.[F-].[O-]B([O-])[O-].[O-]B([O-])[O-].[O-]B([O-])[O-].[O-]B([O-])[O-]. The van der Waals surface area contributed by atoms with Crippen LogP contribution in [0.2, 0.25) is 0 Å². The first-order valence-electron chi connectivity index (χ1n) is 46.3. The summed E-state index contributed by atoms with van der Waals surface area (Å²) in [4.78, 5) is 53.2. The summed E-state index contributed by atoms with van der Waals surface area (Å²) < 4.78 is 0. The Balaban J connectivity index is -0.000000396. The van der Waals surface area contributed by atoms with Crippen LogP contribution in [0.5, 0.6) is 0 Å². The largest absolute Gasteiger partial charge is 1.00 e. The van der Waals surface area contributed by atoms with Gasteiger partial charge in [-0.1, -0.05) is 0 Å². The molecule has 13 atom stereocenters. The number of halogens is 1. The second-order valence-corrected chi connectivity index (χ2v) is 34.8. The minimum absolute atomic E-state index is 0. The fourth-order valence-corrected chi connectivity index (χ4v) is 15.3. The van der Waals surface area contributed by atoms with Crippen LogP contribution in [-0.4, -0.2) is 527 Å². The topological polar surface area (TPSA) is 377 Å². The summed E-state index contributed by atoms with van der Waals surface area (Å²) in [6.07, 6.45) is 0. The van der Waals surface area contributed by atoms with Crippen molar-refractivity contribution >= 4 is 29.3 Å². The van der Waals surface area contributed by atoms with Gasteiger partial charge in [-0.15, -0.1) is 0 Å². The van der Waals surface area contributed by atoms with Crippen molar-refractivity contribution in [3.63, 3.8) is 0 Å². The summed E-state index contributed by atoms with van der Waals surface area (Å²) in [5.74, 6) is 0. The molecule has 0 spiro atoms. The van der Waals surface area contributed by atoms with Gasteiger partial charge in [0.1, 0.15) is 86.7 Å². The van der Waals surface area contributed by atoms with Crippen molar-refractivity contribution in [2.75, 3.05) is 434 Å². The minimum Gasteiger partial charge on any atom is -1.00 e. The van der Waals surface area contributed by atoms with Crippen molar-refractivity contribution in [2.45, 2.75) is 90.0 Å². The predicted octanol–water partition coefficient (Wildman–Crippen LogP) is -34.5. The molecule has 0 aromatic heterocycles. The van der Waals surface area contributed by atoms with E-state index in [-0.39, 0.29) is 4.70 Å². The lowest BCUT2D eigenvalue weighted by Gasteiger charge is -2.35. The molecule has 121 heavy (non-hydrogen) atoms. The van der Waals surface area contributed by atoms with E-state index in [1.165, 1.54) is 342 Å². The molecular formula is C78H195B4FN26O12. The van der Waals surface area contributed by atoms with E-state index in [2.05, 4.69) is 245 Å². The number of nitrogens with one attached hydrogen (secondary N) is 13.